The lowest BCUT2D eigenvalue weighted by atomic mass is 10.1. The molecular weight excluding hydrogens is 440 g/mol. The zero-order valence-electron chi connectivity index (χ0n) is 19.2. The highest BCUT2D eigenvalue weighted by Gasteiger charge is 2.20. The van der Waals surface area contributed by atoms with Crippen LogP contribution in [0.5, 0.6) is 0 Å². The third-order valence-electron chi connectivity index (χ3n) is 5.83. The average Bonchev–Trinajstić information content (AvgIpc) is 3.18. The van der Waals surface area contributed by atoms with Gasteiger partial charge in [-0.25, -0.2) is 33.7 Å². The molecule has 0 unspecified atom stereocenters. The number of nitrogens with one attached hydrogen (secondary N) is 2. The highest BCUT2D eigenvalue weighted by Crippen LogP contribution is 2.31. The normalized spacial score (nSPS) is 14.2. The van der Waals surface area contributed by atoms with Gasteiger partial charge < -0.3 is 20.1 Å². The first-order chi connectivity index (χ1) is 16.4. The van der Waals surface area contributed by atoms with Gasteiger partial charge in [0.05, 0.1) is 17.9 Å². The van der Waals surface area contributed by atoms with Crippen LogP contribution in [0.15, 0.2) is 30.9 Å². The molecule has 0 aliphatic carbocycles. The first kappa shape index (κ1) is 22.1. The molecule has 5 rings (SSSR count). The molecule has 176 valence electrons. The molecule has 1 aliphatic heterocycles. The molecule has 3 aromatic heterocycles. The Labute approximate surface area is 195 Å². The first-order valence-corrected chi connectivity index (χ1v) is 11.2. The number of aromatic nitrogens is 6. The number of aryl methyl sites for hydroxylation is 1. The summed E-state index contributed by atoms with van der Waals surface area (Å²) in [5.74, 6) is 0.491. The molecule has 0 saturated carbocycles. The van der Waals surface area contributed by atoms with E-state index >= 15 is 4.39 Å². The van der Waals surface area contributed by atoms with E-state index in [2.05, 4.69) is 40.5 Å². The number of rotatable bonds is 5. The van der Waals surface area contributed by atoms with Crippen molar-refractivity contribution in [2.24, 2.45) is 0 Å². The summed E-state index contributed by atoms with van der Waals surface area (Å²) in [5, 5.41) is 6.15. The van der Waals surface area contributed by atoms with Crippen molar-refractivity contribution in [3.8, 4) is 11.3 Å². The fourth-order valence-electron chi connectivity index (χ4n) is 4.28. The van der Waals surface area contributed by atoms with E-state index in [9.17, 15) is 4.39 Å². The second kappa shape index (κ2) is 8.90. The Kier molecular flexibility index (Phi) is 5.78. The van der Waals surface area contributed by atoms with Crippen LogP contribution in [0.4, 0.5) is 26.2 Å². The number of benzene rings is 1. The molecule has 9 nitrogen and oxygen atoms in total. The third-order valence-corrected chi connectivity index (χ3v) is 5.83. The Morgan fingerprint density at radius 2 is 1.82 bits per heavy atom. The van der Waals surface area contributed by atoms with Crippen molar-refractivity contribution in [3.63, 3.8) is 0 Å². The Hall–Kier alpha value is -3.73. The third kappa shape index (κ3) is 4.03. The van der Waals surface area contributed by atoms with E-state index < -0.39 is 11.6 Å². The van der Waals surface area contributed by atoms with Crippen LogP contribution in [0, 0.1) is 18.6 Å². The number of hydrogen-bond donors (Lipinski definition) is 2. The molecule has 1 fully saturated rings. The largest absolute Gasteiger partial charge is 0.353 e. The molecule has 0 bridgehead atoms. The minimum atomic E-state index is -0.707. The van der Waals surface area contributed by atoms with Crippen LogP contribution < -0.4 is 15.5 Å². The van der Waals surface area contributed by atoms with Crippen LogP contribution in [0.3, 0.4) is 0 Å². The summed E-state index contributed by atoms with van der Waals surface area (Å²) in [6, 6.07) is 3.02. The maximum atomic E-state index is 15.4. The van der Waals surface area contributed by atoms with Crippen molar-refractivity contribution in [3.05, 3.63) is 48.3 Å². The quantitative estimate of drug-likeness (QED) is 0.462. The number of fused-ring (bicyclic) bond motifs is 1. The summed E-state index contributed by atoms with van der Waals surface area (Å²) in [6.07, 6.45) is 4.41. The van der Waals surface area contributed by atoms with Gasteiger partial charge in [-0.05, 0) is 32.9 Å². The molecule has 2 N–H and O–H groups in total. The van der Waals surface area contributed by atoms with Gasteiger partial charge in [-0.3, -0.25) is 0 Å². The van der Waals surface area contributed by atoms with Gasteiger partial charge in [0.2, 0.25) is 0 Å². The standard InChI is InChI=1S/C23H25F2N9/c1-13(2)34-14(3)31-22-16(24)8-15(9-17(22)34)21-20(25)23(30-12-29-21)32-18-10-28-19(11-27-18)33-6-4-26-5-7-33/h8-13,26H,4-7H2,1-3H3,(H,27,29,30,32). The molecule has 1 aromatic carbocycles. The van der Waals surface area contributed by atoms with E-state index in [-0.39, 0.29) is 23.1 Å². The van der Waals surface area contributed by atoms with Crippen molar-refractivity contribution in [2.75, 3.05) is 36.4 Å². The van der Waals surface area contributed by atoms with Crippen molar-refractivity contribution in [2.45, 2.75) is 26.8 Å². The monoisotopic (exact) mass is 465 g/mol. The predicted molar refractivity (Wildman–Crippen MR) is 126 cm³/mol. The van der Waals surface area contributed by atoms with E-state index in [1.807, 2.05) is 25.3 Å². The zero-order valence-corrected chi connectivity index (χ0v) is 19.2. The summed E-state index contributed by atoms with van der Waals surface area (Å²) in [5.41, 5.74) is 1.12. The molecule has 11 heteroatoms. The van der Waals surface area contributed by atoms with Gasteiger partial charge in [0.1, 0.15) is 35.0 Å². The molecule has 1 aliphatic rings. The van der Waals surface area contributed by atoms with E-state index in [1.165, 1.54) is 18.6 Å². The predicted octanol–water partition coefficient (Wildman–Crippen LogP) is 3.60. The van der Waals surface area contributed by atoms with Crippen LogP contribution in [-0.2, 0) is 0 Å². The Morgan fingerprint density at radius 3 is 2.53 bits per heavy atom. The number of halogens is 2. The van der Waals surface area contributed by atoms with Gasteiger partial charge in [-0.2, -0.15) is 0 Å². The molecule has 1 saturated heterocycles. The number of imidazole rings is 1. The summed E-state index contributed by atoms with van der Waals surface area (Å²) in [6.45, 7) is 9.27. The second-order valence-corrected chi connectivity index (χ2v) is 8.46. The second-order valence-electron chi connectivity index (χ2n) is 8.46. The summed E-state index contributed by atoms with van der Waals surface area (Å²) < 4.78 is 32.2. The molecule has 4 heterocycles. The van der Waals surface area contributed by atoms with Crippen molar-refractivity contribution in [1.29, 1.82) is 0 Å². The van der Waals surface area contributed by atoms with Gasteiger partial charge in [-0.1, -0.05) is 0 Å². The van der Waals surface area contributed by atoms with Gasteiger partial charge in [-0.15, -0.1) is 0 Å². The minimum Gasteiger partial charge on any atom is -0.353 e. The lowest BCUT2D eigenvalue weighted by Gasteiger charge is -2.28. The summed E-state index contributed by atoms with van der Waals surface area (Å²) in [4.78, 5) is 23.3. The lowest BCUT2D eigenvalue weighted by Crippen LogP contribution is -2.43. The number of nitrogens with zero attached hydrogens (tertiary/aromatic N) is 7. The summed E-state index contributed by atoms with van der Waals surface area (Å²) >= 11 is 0. The number of anilines is 3. The maximum Gasteiger partial charge on any atom is 0.192 e. The SMILES string of the molecule is Cc1nc2c(F)cc(-c3ncnc(Nc4cnc(N5CCNCC5)cn4)c3F)cc2n1C(C)C. The van der Waals surface area contributed by atoms with Crippen LogP contribution >= 0.6 is 0 Å². The molecule has 0 radical (unpaired) electrons. The van der Waals surface area contributed by atoms with Crippen LogP contribution in [-0.4, -0.2) is 55.7 Å². The smallest absolute Gasteiger partial charge is 0.192 e. The highest BCUT2D eigenvalue weighted by atomic mass is 19.1. The topological polar surface area (TPSA) is 96.7 Å². The maximum absolute atomic E-state index is 15.4. The highest BCUT2D eigenvalue weighted by molar-refractivity contribution is 5.83. The average molecular weight is 466 g/mol. The molecule has 0 spiro atoms. The lowest BCUT2D eigenvalue weighted by molar-refractivity contribution is 0.584. The fraction of sp³-hybridized carbons (Fsp3) is 0.348. The van der Waals surface area contributed by atoms with E-state index in [1.54, 1.807) is 12.3 Å². The van der Waals surface area contributed by atoms with Crippen molar-refractivity contribution < 1.29 is 8.78 Å². The summed E-state index contributed by atoms with van der Waals surface area (Å²) in [7, 11) is 0. The Balaban J connectivity index is 1.46. The number of hydrogen-bond acceptors (Lipinski definition) is 8. The van der Waals surface area contributed by atoms with E-state index in [4.69, 9.17) is 0 Å². The molecule has 0 atom stereocenters. The fourth-order valence-corrected chi connectivity index (χ4v) is 4.28. The Bertz CT molecular complexity index is 1330. The van der Waals surface area contributed by atoms with Crippen LogP contribution in [0.25, 0.3) is 22.3 Å². The first-order valence-electron chi connectivity index (χ1n) is 11.2. The van der Waals surface area contributed by atoms with Gasteiger partial charge in [0, 0.05) is 37.8 Å². The minimum absolute atomic E-state index is 0.0159. The molecule has 4 aromatic rings. The number of piperazine rings is 1. The van der Waals surface area contributed by atoms with Gasteiger partial charge >= 0.3 is 0 Å². The van der Waals surface area contributed by atoms with Crippen molar-refractivity contribution in [1.82, 2.24) is 34.8 Å². The van der Waals surface area contributed by atoms with Gasteiger partial charge in [0.15, 0.2) is 17.5 Å². The van der Waals surface area contributed by atoms with Crippen molar-refractivity contribution >= 4 is 28.5 Å². The Morgan fingerprint density at radius 1 is 1.03 bits per heavy atom. The molecule has 34 heavy (non-hydrogen) atoms. The van der Waals surface area contributed by atoms with Crippen LogP contribution in [0.1, 0.15) is 25.7 Å². The molecular formula is C23H25F2N9. The van der Waals surface area contributed by atoms with Crippen LogP contribution in [0.2, 0.25) is 0 Å². The van der Waals surface area contributed by atoms with E-state index in [0.717, 1.165) is 32.0 Å². The zero-order chi connectivity index (χ0) is 23.8. The van der Waals surface area contributed by atoms with E-state index in [0.29, 0.717) is 22.7 Å². The van der Waals surface area contributed by atoms with Gasteiger partial charge in [0.25, 0.3) is 0 Å². The molecule has 0 amide bonds.